The van der Waals surface area contributed by atoms with Crippen LogP contribution in [0.5, 0.6) is 0 Å². The van der Waals surface area contributed by atoms with Crippen molar-refractivity contribution in [1.29, 1.82) is 0 Å². The summed E-state index contributed by atoms with van der Waals surface area (Å²) in [5.41, 5.74) is 3.12. The lowest BCUT2D eigenvalue weighted by atomic mass is 9.47. The Labute approximate surface area is 220 Å². The third kappa shape index (κ3) is 4.71. The third-order valence-corrected chi connectivity index (χ3v) is 11.5. The summed E-state index contributed by atoms with van der Waals surface area (Å²) in [5.74, 6) is 5.03. The zero-order valence-electron chi connectivity index (χ0n) is 23.6. The highest BCUT2D eigenvalue weighted by Crippen LogP contribution is 2.67. The summed E-state index contributed by atoms with van der Waals surface area (Å²) >= 11 is 0. The average molecular weight is 491 g/mol. The monoisotopic (exact) mass is 490 g/mol. The second-order valence-electron chi connectivity index (χ2n) is 13.9. The molecule has 0 N–H and O–H groups in total. The molecule has 4 aliphatic carbocycles. The van der Waals surface area contributed by atoms with Crippen molar-refractivity contribution in [2.24, 2.45) is 46.3 Å². The lowest BCUT2D eigenvalue weighted by Gasteiger charge is -2.58. The minimum absolute atomic E-state index is 0.0324. The summed E-state index contributed by atoms with van der Waals surface area (Å²) in [6.07, 6.45) is 17.0. The zero-order valence-corrected chi connectivity index (χ0v) is 23.6. The maximum absolute atomic E-state index is 12.7. The first-order valence-corrected chi connectivity index (χ1v) is 15.2. The molecule has 0 unspecified atom stereocenters. The van der Waals surface area contributed by atoms with E-state index in [1.54, 1.807) is 5.57 Å². The van der Waals surface area contributed by atoms with Crippen molar-refractivity contribution in [3.63, 3.8) is 0 Å². The first-order valence-electron chi connectivity index (χ1n) is 15.2. The molecule has 3 fully saturated rings. The molecule has 0 spiro atoms. The van der Waals surface area contributed by atoms with E-state index in [4.69, 9.17) is 4.74 Å². The van der Waals surface area contributed by atoms with Crippen LogP contribution in [-0.2, 0) is 4.74 Å². The van der Waals surface area contributed by atoms with Crippen molar-refractivity contribution < 1.29 is 9.53 Å². The Morgan fingerprint density at radius 2 is 1.75 bits per heavy atom. The molecule has 0 aromatic heterocycles. The SMILES string of the molecule is CC(C)CCC[C@H](C)[C@@H]1CC[C@@H]2[C@@H]3CC=C4C[C@@H](OC(=O)c5ccccc5)CC[C@]4(C)[C@@H]3CC[C@@]21C. The highest BCUT2D eigenvalue weighted by Gasteiger charge is 2.59. The molecule has 0 amide bonds. The van der Waals surface area contributed by atoms with E-state index in [2.05, 4.69) is 40.7 Å². The molecular weight excluding hydrogens is 440 g/mol. The Kier molecular flexibility index (Phi) is 7.45. The molecule has 3 saturated carbocycles. The minimum atomic E-state index is -0.161. The fraction of sp³-hybridized carbons (Fsp3) is 0.735. The van der Waals surface area contributed by atoms with Gasteiger partial charge in [-0.3, -0.25) is 0 Å². The molecule has 8 atom stereocenters. The number of esters is 1. The van der Waals surface area contributed by atoms with E-state index < -0.39 is 0 Å². The highest BCUT2D eigenvalue weighted by molar-refractivity contribution is 5.89. The fourth-order valence-corrected chi connectivity index (χ4v) is 9.55. The molecule has 36 heavy (non-hydrogen) atoms. The Bertz CT molecular complexity index is 947. The van der Waals surface area contributed by atoms with E-state index in [1.165, 1.54) is 57.8 Å². The highest BCUT2D eigenvalue weighted by atomic mass is 16.5. The predicted octanol–water partition coefficient (Wildman–Crippen LogP) is 9.25. The molecule has 0 bridgehead atoms. The van der Waals surface area contributed by atoms with Gasteiger partial charge in [0.1, 0.15) is 6.10 Å². The van der Waals surface area contributed by atoms with Crippen LogP contribution in [0.2, 0.25) is 0 Å². The lowest BCUT2D eigenvalue weighted by Crippen LogP contribution is -2.51. The summed E-state index contributed by atoms with van der Waals surface area (Å²) in [6.45, 7) is 12.6. The van der Waals surface area contributed by atoms with E-state index in [0.29, 0.717) is 16.4 Å². The van der Waals surface area contributed by atoms with E-state index in [0.717, 1.165) is 48.3 Å². The molecule has 4 aliphatic rings. The van der Waals surface area contributed by atoms with Crippen LogP contribution in [0.1, 0.15) is 116 Å². The summed E-state index contributed by atoms with van der Waals surface area (Å²) < 4.78 is 6.00. The number of hydrogen-bond acceptors (Lipinski definition) is 2. The molecule has 2 heteroatoms. The number of benzene rings is 1. The number of ether oxygens (including phenoxy) is 1. The van der Waals surface area contributed by atoms with Gasteiger partial charge >= 0.3 is 5.97 Å². The second-order valence-corrected chi connectivity index (χ2v) is 13.9. The fourth-order valence-electron chi connectivity index (χ4n) is 9.55. The molecule has 0 aliphatic heterocycles. The molecule has 0 heterocycles. The molecule has 1 aromatic carbocycles. The van der Waals surface area contributed by atoms with Crippen molar-refractivity contribution >= 4 is 5.97 Å². The van der Waals surface area contributed by atoms with Gasteiger partial charge in [-0.25, -0.2) is 4.79 Å². The van der Waals surface area contributed by atoms with Crippen molar-refractivity contribution in [2.75, 3.05) is 0 Å². The van der Waals surface area contributed by atoms with E-state index in [9.17, 15) is 4.79 Å². The van der Waals surface area contributed by atoms with Gasteiger partial charge in [0.2, 0.25) is 0 Å². The molecule has 0 saturated heterocycles. The lowest BCUT2D eigenvalue weighted by molar-refractivity contribution is -0.0594. The van der Waals surface area contributed by atoms with Gasteiger partial charge in [0.25, 0.3) is 0 Å². The van der Waals surface area contributed by atoms with Crippen LogP contribution >= 0.6 is 0 Å². The molecule has 0 radical (unpaired) electrons. The third-order valence-electron chi connectivity index (χ3n) is 11.5. The first-order chi connectivity index (χ1) is 17.2. The molecule has 198 valence electrons. The topological polar surface area (TPSA) is 26.3 Å². The van der Waals surface area contributed by atoms with Crippen LogP contribution in [0.15, 0.2) is 42.0 Å². The van der Waals surface area contributed by atoms with Crippen molar-refractivity contribution in [3.8, 4) is 0 Å². The van der Waals surface area contributed by atoms with Crippen LogP contribution in [0.3, 0.4) is 0 Å². The van der Waals surface area contributed by atoms with Gasteiger partial charge in [-0.1, -0.05) is 83.7 Å². The van der Waals surface area contributed by atoms with Crippen LogP contribution < -0.4 is 0 Å². The summed E-state index contributed by atoms with van der Waals surface area (Å²) in [7, 11) is 0. The van der Waals surface area contributed by atoms with E-state index in [-0.39, 0.29) is 12.1 Å². The number of allylic oxidation sites excluding steroid dienone is 1. The Balaban J connectivity index is 1.25. The van der Waals surface area contributed by atoms with Gasteiger partial charge in [-0.2, -0.15) is 0 Å². The largest absolute Gasteiger partial charge is 0.458 e. The Morgan fingerprint density at radius 1 is 0.972 bits per heavy atom. The van der Waals surface area contributed by atoms with Gasteiger partial charge in [0.05, 0.1) is 5.56 Å². The number of hydrogen-bond donors (Lipinski definition) is 0. The first kappa shape index (κ1) is 26.1. The minimum Gasteiger partial charge on any atom is -0.458 e. The van der Waals surface area contributed by atoms with Crippen molar-refractivity contribution in [2.45, 2.75) is 111 Å². The molecule has 2 nitrogen and oxygen atoms in total. The van der Waals surface area contributed by atoms with Gasteiger partial charge in [-0.15, -0.1) is 0 Å². The van der Waals surface area contributed by atoms with Crippen LogP contribution in [0, 0.1) is 46.3 Å². The van der Waals surface area contributed by atoms with Gasteiger partial charge in [0.15, 0.2) is 0 Å². The standard InChI is InChI=1S/C34H50O2/c1-23(2)10-9-11-24(3)29-16-17-30-28-15-14-26-22-27(36-32(35)25-12-7-6-8-13-25)18-20-33(26,4)31(28)19-21-34(29,30)5/h6-8,12-14,23-24,27-31H,9-11,15-22H2,1-5H3/t24-,27-,28-,29-,30+,31+,33-,34+/m0/s1. The predicted molar refractivity (Wildman–Crippen MR) is 149 cm³/mol. The van der Waals surface area contributed by atoms with Gasteiger partial charge < -0.3 is 4.74 Å². The van der Waals surface area contributed by atoms with Crippen LogP contribution in [0.4, 0.5) is 0 Å². The average Bonchev–Trinajstić information content (AvgIpc) is 3.22. The van der Waals surface area contributed by atoms with Gasteiger partial charge in [-0.05, 0) is 103 Å². The van der Waals surface area contributed by atoms with Gasteiger partial charge in [0, 0.05) is 6.42 Å². The van der Waals surface area contributed by atoms with Crippen molar-refractivity contribution in [3.05, 3.63) is 47.5 Å². The van der Waals surface area contributed by atoms with E-state index >= 15 is 0 Å². The summed E-state index contributed by atoms with van der Waals surface area (Å²) in [4.78, 5) is 12.7. The summed E-state index contributed by atoms with van der Waals surface area (Å²) in [6, 6.07) is 9.49. The second kappa shape index (κ2) is 10.3. The van der Waals surface area contributed by atoms with Crippen LogP contribution in [-0.4, -0.2) is 12.1 Å². The summed E-state index contributed by atoms with van der Waals surface area (Å²) in [5, 5.41) is 0. The molecular formula is C34H50O2. The quantitative estimate of drug-likeness (QED) is 0.281. The zero-order chi connectivity index (χ0) is 25.5. The van der Waals surface area contributed by atoms with E-state index in [1.807, 2.05) is 30.3 Å². The normalized spacial score (nSPS) is 38.5. The Hall–Kier alpha value is -1.57. The maximum Gasteiger partial charge on any atom is 0.338 e. The maximum atomic E-state index is 12.7. The molecule has 5 rings (SSSR count). The number of fused-ring (bicyclic) bond motifs is 5. The smallest absolute Gasteiger partial charge is 0.338 e. The van der Waals surface area contributed by atoms with Crippen LogP contribution in [0.25, 0.3) is 0 Å². The number of carbonyl (C=O) groups excluding carboxylic acids is 1. The molecule has 1 aromatic rings. The van der Waals surface area contributed by atoms with Crippen molar-refractivity contribution in [1.82, 2.24) is 0 Å². The number of carbonyl (C=O) groups is 1. The number of rotatable bonds is 7. The Morgan fingerprint density at radius 3 is 2.50 bits per heavy atom.